The van der Waals surface area contributed by atoms with Gasteiger partial charge in [-0.25, -0.2) is 4.98 Å². The molecule has 144 valence electrons. The maximum Gasteiger partial charge on any atom is 0.228 e. The van der Waals surface area contributed by atoms with Gasteiger partial charge in [0.15, 0.2) is 5.95 Å². The normalized spacial score (nSPS) is 24.5. The van der Waals surface area contributed by atoms with Gasteiger partial charge in [-0.05, 0) is 38.0 Å². The Morgan fingerprint density at radius 1 is 1.30 bits per heavy atom. The fourth-order valence-corrected chi connectivity index (χ4v) is 6.68. The number of carbonyl (C=O) groups excluding carboxylic acids is 1. The van der Waals surface area contributed by atoms with Crippen molar-refractivity contribution in [1.29, 1.82) is 0 Å². The molecule has 4 rings (SSSR count). The van der Waals surface area contributed by atoms with Crippen molar-refractivity contribution in [3.05, 3.63) is 41.2 Å². The van der Waals surface area contributed by atoms with Crippen molar-refractivity contribution in [1.82, 2.24) is 20.1 Å². The highest BCUT2D eigenvalue weighted by Gasteiger charge is 2.43. The highest BCUT2D eigenvalue weighted by atomic mass is 31.2. The SMILES string of the molecule is Cc1c[nH]c(NCC(c2ccc3c(c2)CC(=O)N3)P2(=O)N[C@@H](C)[C@H](C)N2)n1. The van der Waals surface area contributed by atoms with E-state index in [9.17, 15) is 9.36 Å². The highest BCUT2D eigenvalue weighted by molar-refractivity contribution is 7.60. The van der Waals surface area contributed by atoms with Crippen molar-refractivity contribution in [2.45, 2.75) is 44.9 Å². The quantitative estimate of drug-likeness (QED) is 0.504. The molecule has 0 aliphatic carbocycles. The van der Waals surface area contributed by atoms with E-state index in [1.54, 1.807) is 0 Å². The molecule has 2 aliphatic rings. The number of rotatable bonds is 5. The van der Waals surface area contributed by atoms with Gasteiger partial charge < -0.3 is 15.6 Å². The van der Waals surface area contributed by atoms with Crippen LogP contribution in [0.4, 0.5) is 11.6 Å². The third-order valence-electron chi connectivity index (χ3n) is 5.29. The summed E-state index contributed by atoms with van der Waals surface area (Å²) in [7, 11) is -2.89. The number of nitrogens with one attached hydrogen (secondary N) is 5. The number of hydrogen-bond acceptors (Lipinski definition) is 4. The van der Waals surface area contributed by atoms with Crippen LogP contribution in [0.2, 0.25) is 0 Å². The molecule has 1 amide bonds. The van der Waals surface area contributed by atoms with Gasteiger partial charge in [0.25, 0.3) is 0 Å². The van der Waals surface area contributed by atoms with Crippen molar-refractivity contribution < 1.29 is 9.36 Å². The zero-order valence-electron chi connectivity index (χ0n) is 15.7. The monoisotopic (exact) mass is 388 g/mol. The molecule has 1 aromatic carbocycles. The molecule has 3 heterocycles. The Morgan fingerprint density at radius 3 is 2.70 bits per heavy atom. The summed E-state index contributed by atoms with van der Waals surface area (Å²) in [6.07, 6.45) is 2.18. The van der Waals surface area contributed by atoms with E-state index >= 15 is 0 Å². The van der Waals surface area contributed by atoms with Gasteiger partial charge >= 0.3 is 0 Å². The molecule has 0 radical (unpaired) electrons. The van der Waals surface area contributed by atoms with Crippen molar-refractivity contribution in [3.63, 3.8) is 0 Å². The Kier molecular flexibility index (Phi) is 4.58. The van der Waals surface area contributed by atoms with Crippen molar-refractivity contribution in [2.75, 3.05) is 17.2 Å². The second-order valence-electron chi connectivity index (χ2n) is 7.42. The lowest BCUT2D eigenvalue weighted by molar-refractivity contribution is -0.115. The molecule has 27 heavy (non-hydrogen) atoms. The lowest BCUT2D eigenvalue weighted by atomic mass is 10.1. The third-order valence-corrected chi connectivity index (χ3v) is 8.23. The van der Waals surface area contributed by atoms with Crippen molar-refractivity contribution in [3.8, 4) is 0 Å². The molecule has 2 aromatic rings. The zero-order chi connectivity index (χ0) is 19.2. The van der Waals surface area contributed by atoms with Crippen molar-refractivity contribution >= 4 is 25.0 Å². The number of nitrogens with zero attached hydrogens (tertiary/aromatic N) is 1. The van der Waals surface area contributed by atoms with Crippen LogP contribution >= 0.6 is 7.44 Å². The topological polar surface area (TPSA) is 111 Å². The van der Waals surface area contributed by atoms with Crippen LogP contribution in [0.1, 0.15) is 36.3 Å². The summed E-state index contributed by atoms with van der Waals surface area (Å²) in [5.41, 5.74) is 3.32. The number of aryl methyl sites for hydroxylation is 1. The van der Waals surface area contributed by atoms with E-state index in [4.69, 9.17) is 0 Å². The first-order valence-electron chi connectivity index (χ1n) is 9.18. The Labute approximate surface area is 158 Å². The number of anilines is 2. The fourth-order valence-electron chi connectivity index (χ4n) is 3.66. The number of aromatic nitrogens is 2. The lowest BCUT2D eigenvalue weighted by Gasteiger charge is -2.26. The van der Waals surface area contributed by atoms with E-state index in [-0.39, 0.29) is 23.6 Å². The maximum absolute atomic E-state index is 13.8. The molecular formula is C18H25N6O2P. The van der Waals surface area contributed by atoms with E-state index in [1.807, 2.05) is 45.2 Å². The molecule has 5 N–H and O–H groups in total. The summed E-state index contributed by atoms with van der Waals surface area (Å²) in [5, 5.41) is 12.7. The first-order chi connectivity index (χ1) is 12.8. The number of amides is 1. The van der Waals surface area contributed by atoms with Crippen LogP contribution in [-0.2, 0) is 15.8 Å². The molecule has 0 bridgehead atoms. The number of hydrogen-bond donors (Lipinski definition) is 5. The molecule has 3 atom stereocenters. The third kappa shape index (κ3) is 3.52. The van der Waals surface area contributed by atoms with Crippen LogP contribution in [0.5, 0.6) is 0 Å². The molecule has 0 saturated carbocycles. The average molecular weight is 388 g/mol. The molecule has 1 aromatic heterocycles. The van der Waals surface area contributed by atoms with Crippen LogP contribution in [0, 0.1) is 6.92 Å². The van der Waals surface area contributed by atoms with E-state index < -0.39 is 7.44 Å². The molecule has 1 fully saturated rings. The average Bonchev–Trinajstić information content (AvgIpc) is 3.25. The van der Waals surface area contributed by atoms with Gasteiger partial charge in [0.2, 0.25) is 13.4 Å². The molecular weight excluding hydrogens is 363 g/mol. The Balaban J connectivity index is 1.65. The summed E-state index contributed by atoms with van der Waals surface area (Å²) in [4.78, 5) is 19.1. The summed E-state index contributed by atoms with van der Waals surface area (Å²) >= 11 is 0. The van der Waals surface area contributed by atoms with Gasteiger partial charge in [0.05, 0.1) is 17.8 Å². The summed E-state index contributed by atoms with van der Waals surface area (Å²) < 4.78 is 13.8. The van der Waals surface area contributed by atoms with E-state index in [2.05, 4.69) is 30.8 Å². The van der Waals surface area contributed by atoms with Crippen LogP contribution < -0.4 is 20.8 Å². The fraction of sp³-hybridized carbons (Fsp3) is 0.444. The van der Waals surface area contributed by atoms with Crippen LogP contribution in [-0.4, -0.2) is 34.5 Å². The summed E-state index contributed by atoms with van der Waals surface area (Å²) in [6.45, 7) is 6.42. The summed E-state index contributed by atoms with van der Waals surface area (Å²) in [5.74, 6) is 0.649. The van der Waals surface area contributed by atoms with Gasteiger partial charge in [-0.2, -0.15) is 0 Å². The molecule has 2 aliphatic heterocycles. The molecule has 1 saturated heterocycles. The van der Waals surface area contributed by atoms with E-state index in [0.29, 0.717) is 18.9 Å². The molecule has 8 nitrogen and oxygen atoms in total. The number of carbonyl (C=O) groups is 1. The van der Waals surface area contributed by atoms with Gasteiger partial charge in [-0.15, -0.1) is 0 Å². The minimum Gasteiger partial charge on any atom is -0.355 e. The van der Waals surface area contributed by atoms with Crippen molar-refractivity contribution in [2.24, 2.45) is 0 Å². The summed E-state index contributed by atoms with van der Waals surface area (Å²) in [6, 6.07) is 6.06. The van der Waals surface area contributed by atoms with Gasteiger partial charge in [-0.3, -0.25) is 19.5 Å². The number of aromatic amines is 1. The van der Waals surface area contributed by atoms with Crippen LogP contribution in [0.25, 0.3) is 0 Å². The lowest BCUT2D eigenvalue weighted by Crippen LogP contribution is -2.26. The number of imidazole rings is 1. The Morgan fingerprint density at radius 2 is 2.04 bits per heavy atom. The largest absolute Gasteiger partial charge is 0.355 e. The minimum atomic E-state index is -2.89. The maximum atomic E-state index is 13.8. The van der Waals surface area contributed by atoms with E-state index in [1.165, 1.54) is 0 Å². The first kappa shape index (κ1) is 18.2. The van der Waals surface area contributed by atoms with Gasteiger partial charge in [-0.1, -0.05) is 12.1 Å². The predicted molar refractivity (Wildman–Crippen MR) is 106 cm³/mol. The van der Waals surface area contributed by atoms with Gasteiger partial charge in [0.1, 0.15) is 0 Å². The zero-order valence-corrected chi connectivity index (χ0v) is 16.6. The second-order valence-corrected chi connectivity index (χ2v) is 9.88. The number of H-pyrrole nitrogens is 1. The molecule has 1 unspecified atom stereocenters. The first-order valence-corrected chi connectivity index (χ1v) is 11.0. The van der Waals surface area contributed by atoms with Crippen LogP contribution in [0.15, 0.2) is 24.4 Å². The Hall–Kier alpha value is -2.15. The second kappa shape index (κ2) is 6.78. The smallest absolute Gasteiger partial charge is 0.228 e. The van der Waals surface area contributed by atoms with Gasteiger partial charge in [0, 0.05) is 30.5 Å². The number of fused-ring (bicyclic) bond motifs is 1. The van der Waals surface area contributed by atoms with Crippen LogP contribution in [0.3, 0.4) is 0 Å². The molecule has 9 heteroatoms. The predicted octanol–water partition coefficient (Wildman–Crippen LogP) is 2.53. The molecule has 0 spiro atoms. The number of benzene rings is 1. The standard InChI is InChI=1S/C18H25N6O2P/c1-10-8-19-18(21-10)20-9-16(27(26)23-11(2)12(3)24-27)13-4-5-15-14(6-13)7-17(25)22-15/h4-6,8,11-12,16H,7,9H2,1-3H3,(H,22,25)(H2,19,20,21)(H2,23,24,26)/t11-,12-,16?/m0/s1. The highest BCUT2D eigenvalue weighted by Crippen LogP contribution is 2.56. The Bertz CT molecular complexity index is 912. The van der Waals surface area contributed by atoms with E-state index in [0.717, 1.165) is 22.5 Å². The minimum absolute atomic E-state index is 0.00567.